The molecule has 1 aliphatic heterocycles. The quantitative estimate of drug-likeness (QED) is 0.397. The molecule has 1 amide bonds. The molecule has 1 aliphatic carbocycles. The third kappa shape index (κ3) is 6.61. The normalized spacial score (nSPS) is 20.1. The largest absolute Gasteiger partial charge is 0.494 e. The topological polar surface area (TPSA) is 66.0 Å². The molecule has 29 heavy (non-hydrogen) atoms. The lowest BCUT2D eigenvalue weighted by Crippen LogP contribution is -2.45. The Labute approximate surface area is 172 Å². The zero-order valence-electron chi connectivity index (χ0n) is 17.3. The first-order chi connectivity index (χ1) is 14.2. The van der Waals surface area contributed by atoms with Crippen LogP contribution in [0.4, 0.5) is 4.39 Å². The average molecular weight is 405 g/mol. The molecule has 1 unspecified atom stereocenters. The highest BCUT2D eigenvalue weighted by atomic mass is 19.1. The van der Waals surface area contributed by atoms with E-state index >= 15 is 0 Å². The van der Waals surface area contributed by atoms with Crippen molar-refractivity contribution in [3.63, 3.8) is 0 Å². The molecule has 1 heterocycles. The Bertz CT molecular complexity index is 674. The van der Waals surface area contributed by atoms with Gasteiger partial charge in [-0.15, -0.1) is 0 Å². The fourth-order valence-electron chi connectivity index (χ4n) is 4.05. The number of benzene rings is 1. The second-order valence-corrected chi connectivity index (χ2v) is 7.90. The van der Waals surface area contributed by atoms with Gasteiger partial charge in [0.05, 0.1) is 6.61 Å². The van der Waals surface area contributed by atoms with E-state index in [9.17, 15) is 9.18 Å². The molecule has 6 nitrogen and oxygen atoms in total. The number of hydrogen-bond donors (Lipinski definition) is 2. The summed E-state index contributed by atoms with van der Waals surface area (Å²) in [5, 5.41) is 6.77. The molecule has 2 fully saturated rings. The van der Waals surface area contributed by atoms with Crippen molar-refractivity contribution < 1.29 is 13.9 Å². The summed E-state index contributed by atoms with van der Waals surface area (Å²) >= 11 is 0. The number of hydrogen-bond acceptors (Lipinski definition) is 3. The number of halogens is 1. The maximum atomic E-state index is 12.9. The summed E-state index contributed by atoms with van der Waals surface area (Å²) in [6.45, 7) is 3.00. The van der Waals surface area contributed by atoms with Crippen LogP contribution < -0.4 is 15.4 Å². The molecule has 0 bridgehead atoms. The number of rotatable bonds is 8. The fourth-order valence-corrected chi connectivity index (χ4v) is 4.05. The lowest BCUT2D eigenvalue weighted by molar-refractivity contribution is -0.134. The van der Waals surface area contributed by atoms with Crippen LogP contribution in [0.3, 0.4) is 0 Å². The van der Waals surface area contributed by atoms with Gasteiger partial charge in [0, 0.05) is 38.6 Å². The molecule has 160 valence electrons. The highest BCUT2D eigenvalue weighted by Crippen LogP contribution is 2.27. The van der Waals surface area contributed by atoms with Crippen molar-refractivity contribution in [3.8, 4) is 5.75 Å². The number of ether oxygens (including phenoxy) is 1. The smallest absolute Gasteiger partial charge is 0.225 e. The van der Waals surface area contributed by atoms with Gasteiger partial charge in [-0.3, -0.25) is 9.79 Å². The zero-order valence-corrected chi connectivity index (χ0v) is 17.3. The number of carbonyl (C=O) groups is 1. The van der Waals surface area contributed by atoms with Crippen LogP contribution in [0.1, 0.15) is 44.9 Å². The third-order valence-electron chi connectivity index (χ3n) is 5.71. The van der Waals surface area contributed by atoms with Crippen molar-refractivity contribution in [3.05, 3.63) is 30.1 Å². The van der Waals surface area contributed by atoms with E-state index in [4.69, 9.17) is 4.74 Å². The van der Waals surface area contributed by atoms with Crippen molar-refractivity contribution in [2.75, 3.05) is 33.3 Å². The molecule has 1 aromatic carbocycles. The van der Waals surface area contributed by atoms with Crippen LogP contribution in [0.2, 0.25) is 0 Å². The molecule has 1 saturated heterocycles. The van der Waals surface area contributed by atoms with Gasteiger partial charge in [-0.05, 0) is 56.4 Å². The van der Waals surface area contributed by atoms with Gasteiger partial charge in [0.15, 0.2) is 5.96 Å². The number of unbranched alkanes of at least 4 members (excludes halogenated alkanes) is 1. The van der Waals surface area contributed by atoms with Crippen molar-refractivity contribution in [1.29, 1.82) is 0 Å². The molecule has 0 radical (unpaired) electrons. The Kier molecular flexibility index (Phi) is 8.14. The number of guanidine groups is 1. The van der Waals surface area contributed by atoms with Gasteiger partial charge in [-0.1, -0.05) is 12.8 Å². The second-order valence-electron chi connectivity index (χ2n) is 7.90. The number of amides is 1. The van der Waals surface area contributed by atoms with Crippen LogP contribution in [0, 0.1) is 11.7 Å². The van der Waals surface area contributed by atoms with Gasteiger partial charge < -0.3 is 20.3 Å². The molecule has 3 rings (SSSR count). The highest BCUT2D eigenvalue weighted by Gasteiger charge is 2.32. The first kappa shape index (κ1) is 21.4. The summed E-state index contributed by atoms with van der Waals surface area (Å²) in [5.74, 6) is 1.81. The predicted octanol–water partition coefficient (Wildman–Crippen LogP) is 2.94. The minimum atomic E-state index is -0.256. The van der Waals surface area contributed by atoms with E-state index in [0.717, 1.165) is 57.7 Å². The van der Waals surface area contributed by atoms with Gasteiger partial charge >= 0.3 is 0 Å². The van der Waals surface area contributed by atoms with Crippen LogP contribution in [0.15, 0.2) is 29.3 Å². The molecule has 1 atom stereocenters. The van der Waals surface area contributed by atoms with E-state index < -0.39 is 0 Å². The van der Waals surface area contributed by atoms with E-state index in [1.165, 1.54) is 25.0 Å². The maximum Gasteiger partial charge on any atom is 0.225 e. The van der Waals surface area contributed by atoms with Crippen molar-refractivity contribution in [1.82, 2.24) is 15.5 Å². The summed E-state index contributed by atoms with van der Waals surface area (Å²) < 4.78 is 18.5. The van der Waals surface area contributed by atoms with E-state index in [0.29, 0.717) is 18.3 Å². The Balaban J connectivity index is 1.28. The predicted molar refractivity (Wildman–Crippen MR) is 113 cm³/mol. The molecule has 2 aliphatic rings. The van der Waals surface area contributed by atoms with Gasteiger partial charge in [0.25, 0.3) is 0 Å². The standard InChI is InChI=1S/C22H33FN4O2/c1-24-22(25-13-4-5-15-29-20-10-8-18(23)9-11-20)26-19-12-14-27(16-19)21(28)17-6-2-3-7-17/h8-11,17,19H,2-7,12-16H2,1H3,(H2,24,25,26). The van der Waals surface area contributed by atoms with Gasteiger partial charge in [0.1, 0.15) is 11.6 Å². The molecule has 2 N–H and O–H groups in total. The Morgan fingerprint density at radius 2 is 1.97 bits per heavy atom. The molecule has 0 spiro atoms. The molecular weight excluding hydrogens is 371 g/mol. The van der Waals surface area contributed by atoms with E-state index in [-0.39, 0.29) is 17.8 Å². The summed E-state index contributed by atoms with van der Waals surface area (Å²) in [6.07, 6.45) is 7.30. The first-order valence-corrected chi connectivity index (χ1v) is 10.8. The lowest BCUT2D eigenvalue weighted by Gasteiger charge is -2.21. The van der Waals surface area contributed by atoms with Crippen LogP contribution in [0.5, 0.6) is 5.75 Å². The van der Waals surface area contributed by atoms with Crippen LogP contribution in [-0.2, 0) is 4.79 Å². The number of likely N-dealkylation sites (tertiary alicyclic amines) is 1. The van der Waals surface area contributed by atoms with Crippen molar-refractivity contribution >= 4 is 11.9 Å². The van der Waals surface area contributed by atoms with Gasteiger partial charge in [0.2, 0.25) is 5.91 Å². The zero-order chi connectivity index (χ0) is 20.5. The number of nitrogens with one attached hydrogen (secondary N) is 2. The Morgan fingerprint density at radius 1 is 1.21 bits per heavy atom. The van der Waals surface area contributed by atoms with Crippen LogP contribution in [-0.4, -0.2) is 56.1 Å². The van der Waals surface area contributed by atoms with E-state index in [1.807, 2.05) is 4.90 Å². The van der Waals surface area contributed by atoms with E-state index in [2.05, 4.69) is 15.6 Å². The fraction of sp³-hybridized carbons (Fsp3) is 0.636. The molecule has 7 heteroatoms. The molecular formula is C22H33FN4O2. The van der Waals surface area contributed by atoms with Gasteiger partial charge in [-0.2, -0.15) is 0 Å². The van der Waals surface area contributed by atoms with Crippen molar-refractivity contribution in [2.45, 2.75) is 51.0 Å². The highest BCUT2D eigenvalue weighted by molar-refractivity contribution is 5.81. The SMILES string of the molecule is CN=C(NCCCCOc1ccc(F)cc1)NC1CCN(C(=O)C2CCCC2)C1. The summed E-state index contributed by atoms with van der Waals surface area (Å²) in [5.41, 5.74) is 0. The number of aliphatic imine (C=N–C) groups is 1. The monoisotopic (exact) mass is 404 g/mol. The van der Waals surface area contributed by atoms with Crippen molar-refractivity contribution in [2.24, 2.45) is 10.9 Å². The second kappa shape index (κ2) is 11.0. The average Bonchev–Trinajstić information content (AvgIpc) is 3.43. The minimum absolute atomic E-state index is 0.253. The molecule has 1 saturated carbocycles. The number of carbonyl (C=O) groups excluding carboxylic acids is 1. The summed E-state index contributed by atoms with van der Waals surface area (Å²) in [6, 6.07) is 6.34. The van der Waals surface area contributed by atoms with E-state index in [1.54, 1.807) is 19.2 Å². The summed E-state index contributed by atoms with van der Waals surface area (Å²) in [7, 11) is 1.77. The lowest BCUT2D eigenvalue weighted by atomic mass is 10.1. The summed E-state index contributed by atoms with van der Waals surface area (Å²) in [4.78, 5) is 18.9. The first-order valence-electron chi connectivity index (χ1n) is 10.8. The molecule has 0 aromatic heterocycles. The molecule has 1 aromatic rings. The Morgan fingerprint density at radius 3 is 2.69 bits per heavy atom. The number of nitrogens with zero attached hydrogens (tertiary/aromatic N) is 2. The Hall–Kier alpha value is -2.31. The van der Waals surface area contributed by atoms with Crippen LogP contribution in [0.25, 0.3) is 0 Å². The van der Waals surface area contributed by atoms with Crippen LogP contribution >= 0.6 is 0 Å². The third-order valence-corrected chi connectivity index (χ3v) is 5.71. The maximum absolute atomic E-state index is 12.9. The van der Waals surface area contributed by atoms with Gasteiger partial charge in [-0.25, -0.2) is 4.39 Å². The minimum Gasteiger partial charge on any atom is -0.494 e.